The van der Waals surface area contributed by atoms with Gasteiger partial charge in [0, 0.05) is 18.8 Å². The van der Waals surface area contributed by atoms with Crippen LogP contribution in [0.4, 0.5) is 11.5 Å². The predicted molar refractivity (Wildman–Crippen MR) is 78.3 cm³/mol. The van der Waals surface area contributed by atoms with Gasteiger partial charge in [-0.3, -0.25) is 4.98 Å². The predicted octanol–water partition coefficient (Wildman–Crippen LogP) is 2.33. The van der Waals surface area contributed by atoms with E-state index in [4.69, 9.17) is 5.26 Å². The molecule has 20 heavy (non-hydrogen) atoms. The third-order valence-electron chi connectivity index (χ3n) is 3.59. The first-order valence-corrected chi connectivity index (χ1v) is 6.26. The number of benzene rings is 1. The Balaban J connectivity index is 2.55. The number of hydrogen-bond donors (Lipinski definition) is 1. The zero-order valence-corrected chi connectivity index (χ0v) is 12.0. The summed E-state index contributed by atoms with van der Waals surface area (Å²) < 4.78 is 0. The Morgan fingerprint density at radius 1 is 1.25 bits per heavy atom. The highest BCUT2D eigenvalue weighted by atomic mass is 16.1. The van der Waals surface area contributed by atoms with Gasteiger partial charge in [-0.05, 0) is 43.5 Å². The van der Waals surface area contributed by atoms with Crippen molar-refractivity contribution < 1.29 is 0 Å². The summed E-state index contributed by atoms with van der Waals surface area (Å²) in [4.78, 5) is 19.6. The molecule has 0 saturated heterocycles. The summed E-state index contributed by atoms with van der Waals surface area (Å²) in [6.07, 6.45) is 0. The van der Waals surface area contributed by atoms with E-state index in [-0.39, 0.29) is 5.69 Å². The molecule has 0 atom stereocenters. The van der Waals surface area contributed by atoms with Crippen LogP contribution >= 0.6 is 0 Å². The Morgan fingerprint density at radius 2 is 1.95 bits per heavy atom. The van der Waals surface area contributed by atoms with Gasteiger partial charge in [0.25, 0.3) is 0 Å². The summed E-state index contributed by atoms with van der Waals surface area (Å²) in [5, 5.41) is 8.91. The van der Waals surface area contributed by atoms with Crippen molar-refractivity contribution in [2.24, 2.45) is 0 Å². The molecule has 2 aromatic rings. The topological polar surface area (TPSA) is 72.8 Å². The first-order valence-electron chi connectivity index (χ1n) is 6.26. The molecule has 0 aliphatic heterocycles. The van der Waals surface area contributed by atoms with Crippen molar-refractivity contribution in [3.05, 3.63) is 51.1 Å². The highest BCUT2D eigenvalue weighted by Crippen LogP contribution is 2.28. The fourth-order valence-electron chi connectivity index (χ4n) is 2.11. The SMILES string of the molecule is Cc1ccc(N(C)c2cc(C#N)[nH]c(=O)n2)c(C)c1C. The Kier molecular flexibility index (Phi) is 3.57. The van der Waals surface area contributed by atoms with E-state index >= 15 is 0 Å². The number of nitriles is 1. The van der Waals surface area contributed by atoms with Crippen molar-refractivity contribution in [2.75, 3.05) is 11.9 Å². The zero-order chi connectivity index (χ0) is 14.9. The Labute approximate surface area is 117 Å². The van der Waals surface area contributed by atoms with Gasteiger partial charge in [-0.1, -0.05) is 6.07 Å². The van der Waals surface area contributed by atoms with Gasteiger partial charge in [-0.15, -0.1) is 0 Å². The second-order valence-corrected chi connectivity index (χ2v) is 4.78. The molecule has 102 valence electrons. The second-order valence-electron chi connectivity index (χ2n) is 4.78. The molecule has 0 bridgehead atoms. The second kappa shape index (κ2) is 5.17. The molecule has 0 spiro atoms. The van der Waals surface area contributed by atoms with Crippen molar-refractivity contribution in [1.29, 1.82) is 5.26 Å². The van der Waals surface area contributed by atoms with Gasteiger partial charge < -0.3 is 4.90 Å². The molecular weight excluding hydrogens is 252 g/mol. The van der Waals surface area contributed by atoms with Gasteiger partial charge in [-0.25, -0.2) is 4.79 Å². The quantitative estimate of drug-likeness (QED) is 0.907. The molecule has 0 saturated carbocycles. The standard InChI is InChI=1S/C15H16N4O/c1-9-5-6-13(11(3)10(9)2)19(4)14-7-12(8-16)17-15(20)18-14/h5-7H,1-4H3,(H,17,18,20). The van der Waals surface area contributed by atoms with Crippen LogP contribution in [0.1, 0.15) is 22.4 Å². The van der Waals surface area contributed by atoms with Crippen molar-refractivity contribution >= 4 is 11.5 Å². The largest absolute Gasteiger partial charge is 0.347 e. The van der Waals surface area contributed by atoms with Crippen molar-refractivity contribution in [3.63, 3.8) is 0 Å². The van der Waals surface area contributed by atoms with Gasteiger partial charge in [0.05, 0.1) is 0 Å². The van der Waals surface area contributed by atoms with Gasteiger partial charge in [0.2, 0.25) is 0 Å². The maximum Gasteiger partial charge on any atom is 0.347 e. The lowest BCUT2D eigenvalue weighted by Gasteiger charge is -2.22. The number of aryl methyl sites for hydroxylation is 1. The van der Waals surface area contributed by atoms with Crippen LogP contribution in [-0.2, 0) is 0 Å². The summed E-state index contributed by atoms with van der Waals surface area (Å²) in [5.74, 6) is 0.455. The molecular formula is C15H16N4O. The molecule has 0 fully saturated rings. The van der Waals surface area contributed by atoms with Crippen LogP contribution in [0.15, 0.2) is 23.0 Å². The minimum Gasteiger partial charge on any atom is -0.329 e. The van der Waals surface area contributed by atoms with E-state index in [1.807, 2.05) is 37.1 Å². The van der Waals surface area contributed by atoms with Crippen LogP contribution in [0.25, 0.3) is 0 Å². The molecule has 5 heteroatoms. The summed E-state index contributed by atoms with van der Waals surface area (Å²) in [6, 6.07) is 7.52. The van der Waals surface area contributed by atoms with Crippen LogP contribution in [0.3, 0.4) is 0 Å². The van der Waals surface area contributed by atoms with E-state index in [9.17, 15) is 4.79 Å². The van der Waals surface area contributed by atoms with E-state index in [1.54, 1.807) is 6.07 Å². The Bertz CT molecular complexity index is 755. The van der Waals surface area contributed by atoms with E-state index in [0.29, 0.717) is 5.82 Å². The van der Waals surface area contributed by atoms with Crippen molar-refractivity contribution in [1.82, 2.24) is 9.97 Å². The minimum absolute atomic E-state index is 0.202. The van der Waals surface area contributed by atoms with Crippen LogP contribution in [0.2, 0.25) is 0 Å². The number of nitrogens with one attached hydrogen (secondary N) is 1. The molecule has 1 heterocycles. The van der Waals surface area contributed by atoms with Crippen LogP contribution in [0, 0.1) is 32.1 Å². The molecule has 1 aromatic carbocycles. The van der Waals surface area contributed by atoms with Crippen LogP contribution < -0.4 is 10.6 Å². The highest BCUT2D eigenvalue weighted by molar-refractivity contribution is 5.65. The monoisotopic (exact) mass is 268 g/mol. The molecule has 0 aliphatic carbocycles. The van der Waals surface area contributed by atoms with Crippen molar-refractivity contribution in [3.8, 4) is 6.07 Å². The zero-order valence-electron chi connectivity index (χ0n) is 12.0. The maximum atomic E-state index is 11.5. The maximum absolute atomic E-state index is 11.5. The van der Waals surface area contributed by atoms with Crippen LogP contribution in [0.5, 0.6) is 0 Å². The van der Waals surface area contributed by atoms with Gasteiger partial charge in [0.1, 0.15) is 17.6 Å². The number of aromatic nitrogens is 2. The molecule has 5 nitrogen and oxygen atoms in total. The Morgan fingerprint density at radius 3 is 2.60 bits per heavy atom. The summed E-state index contributed by atoms with van der Waals surface area (Å²) >= 11 is 0. The van der Waals surface area contributed by atoms with Gasteiger partial charge in [0.15, 0.2) is 0 Å². The number of aromatic amines is 1. The summed E-state index contributed by atoms with van der Waals surface area (Å²) in [5.41, 5.74) is 4.21. The molecule has 0 aliphatic rings. The molecule has 0 radical (unpaired) electrons. The first-order chi connectivity index (χ1) is 9.43. The minimum atomic E-state index is -0.521. The smallest absolute Gasteiger partial charge is 0.329 e. The molecule has 0 amide bonds. The van der Waals surface area contributed by atoms with E-state index in [2.05, 4.69) is 23.8 Å². The summed E-state index contributed by atoms with van der Waals surface area (Å²) in [6.45, 7) is 6.16. The number of H-pyrrole nitrogens is 1. The third-order valence-corrected chi connectivity index (χ3v) is 3.59. The molecule has 0 unspecified atom stereocenters. The lowest BCUT2D eigenvalue weighted by molar-refractivity contribution is 1.01. The fourth-order valence-corrected chi connectivity index (χ4v) is 2.11. The van der Waals surface area contributed by atoms with Gasteiger partial charge in [-0.2, -0.15) is 10.2 Å². The number of anilines is 2. The number of hydrogen-bond acceptors (Lipinski definition) is 4. The third kappa shape index (κ3) is 2.41. The number of rotatable bonds is 2. The van der Waals surface area contributed by atoms with E-state index in [1.165, 1.54) is 11.1 Å². The lowest BCUT2D eigenvalue weighted by atomic mass is 10.0. The summed E-state index contributed by atoms with van der Waals surface area (Å²) in [7, 11) is 1.83. The van der Waals surface area contributed by atoms with Crippen molar-refractivity contribution in [2.45, 2.75) is 20.8 Å². The van der Waals surface area contributed by atoms with E-state index in [0.717, 1.165) is 11.3 Å². The average Bonchev–Trinajstić information content (AvgIpc) is 2.43. The molecule has 1 aromatic heterocycles. The normalized spacial score (nSPS) is 10.2. The first kappa shape index (κ1) is 13.8. The van der Waals surface area contributed by atoms with E-state index < -0.39 is 5.69 Å². The highest BCUT2D eigenvalue weighted by Gasteiger charge is 2.12. The van der Waals surface area contributed by atoms with Crippen LogP contribution in [-0.4, -0.2) is 17.0 Å². The lowest BCUT2D eigenvalue weighted by Crippen LogP contribution is -2.20. The average molecular weight is 268 g/mol. The molecule has 1 N–H and O–H groups in total. The fraction of sp³-hybridized carbons (Fsp3) is 0.267. The van der Waals surface area contributed by atoms with Gasteiger partial charge >= 0.3 is 5.69 Å². The molecule has 2 rings (SSSR count). The Hall–Kier alpha value is -2.61. The number of nitrogens with zero attached hydrogens (tertiary/aromatic N) is 3.